The molecule has 0 fully saturated rings. The van der Waals surface area contributed by atoms with Crippen LogP contribution in [0.1, 0.15) is 5.56 Å². The minimum atomic E-state index is -0.0752. The molecule has 0 unspecified atom stereocenters. The Morgan fingerprint density at radius 1 is 0.957 bits per heavy atom. The predicted molar refractivity (Wildman–Crippen MR) is 97.9 cm³/mol. The fraction of sp³-hybridized carbons (Fsp3) is 0. The molecular weight excluding hydrogens is 326 g/mol. The van der Waals surface area contributed by atoms with Gasteiger partial charge in [0.15, 0.2) is 0 Å². The molecule has 0 aliphatic carbocycles. The van der Waals surface area contributed by atoms with Crippen LogP contribution in [0.5, 0.6) is 0 Å². The molecule has 1 heterocycles. The van der Waals surface area contributed by atoms with Gasteiger partial charge in [-0.25, -0.2) is 0 Å². The number of halogens is 1. The van der Waals surface area contributed by atoms with Crippen LogP contribution in [0.15, 0.2) is 70.5 Å². The Labute approximate surface area is 143 Å². The first-order valence-corrected chi connectivity index (χ1v) is 8.38. The Bertz CT molecular complexity index is 947. The van der Waals surface area contributed by atoms with E-state index in [1.807, 2.05) is 54.6 Å². The molecule has 23 heavy (non-hydrogen) atoms. The highest BCUT2D eigenvalue weighted by Crippen LogP contribution is 2.42. The van der Waals surface area contributed by atoms with Gasteiger partial charge < -0.3 is 5.32 Å². The van der Waals surface area contributed by atoms with Crippen molar-refractivity contribution in [1.82, 2.24) is 0 Å². The Morgan fingerprint density at radius 2 is 1.74 bits per heavy atom. The first-order valence-electron chi connectivity index (χ1n) is 7.19. The molecule has 0 atom stereocenters. The molecule has 1 aliphatic heterocycles. The Hall–Kier alpha value is -2.23. The molecule has 1 aliphatic rings. The number of carbonyl (C=O) groups is 1. The third-order valence-electron chi connectivity index (χ3n) is 3.74. The van der Waals surface area contributed by atoms with E-state index in [9.17, 15) is 4.79 Å². The lowest BCUT2D eigenvalue weighted by Gasteiger charge is -2.20. The van der Waals surface area contributed by atoms with Crippen LogP contribution in [0.25, 0.3) is 16.8 Å². The summed E-state index contributed by atoms with van der Waals surface area (Å²) in [4.78, 5) is 14.2. The Morgan fingerprint density at radius 3 is 2.57 bits per heavy atom. The molecule has 1 N–H and O–H groups in total. The van der Waals surface area contributed by atoms with Crippen molar-refractivity contribution in [2.75, 3.05) is 5.32 Å². The molecule has 3 aromatic carbocycles. The van der Waals surface area contributed by atoms with Crippen molar-refractivity contribution in [3.8, 4) is 0 Å². The van der Waals surface area contributed by atoms with Gasteiger partial charge in [0.1, 0.15) is 0 Å². The highest BCUT2D eigenvalue weighted by atomic mass is 35.5. The highest BCUT2D eigenvalue weighted by Gasteiger charge is 2.22. The number of amides is 1. The van der Waals surface area contributed by atoms with Gasteiger partial charge in [-0.2, -0.15) is 0 Å². The van der Waals surface area contributed by atoms with E-state index in [1.54, 1.807) is 0 Å². The van der Waals surface area contributed by atoms with Gasteiger partial charge in [0.05, 0.1) is 10.6 Å². The third-order valence-corrected chi connectivity index (χ3v) is 5.08. The molecule has 0 saturated heterocycles. The van der Waals surface area contributed by atoms with Crippen molar-refractivity contribution < 1.29 is 4.79 Å². The Kier molecular flexibility index (Phi) is 3.60. The first kappa shape index (κ1) is 14.4. The monoisotopic (exact) mass is 337 g/mol. The van der Waals surface area contributed by atoms with Crippen LogP contribution in [0, 0.1) is 0 Å². The molecule has 4 heteroatoms. The predicted octanol–water partition coefficient (Wildman–Crippen LogP) is 5.58. The van der Waals surface area contributed by atoms with E-state index in [2.05, 4.69) is 17.4 Å². The van der Waals surface area contributed by atoms with Gasteiger partial charge >= 0.3 is 0 Å². The molecular formula is C19H12ClNOS. The number of benzene rings is 3. The van der Waals surface area contributed by atoms with E-state index in [0.717, 1.165) is 26.9 Å². The summed E-state index contributed by atoms with van der Waals surface area (Å²) in [7, 11) is 0. The maximum absolute atomic E-state index is 12.4. The normalized spacial score (nSPS) is 15.5. The Balaban J connectivity index is 1.76. The van der Waals surface area contributed by atoms with E-state index in [-0.39, 0.29) is 5.91 Å². The van der Waals surface area contributed by atoms with Gasteiger partial charge in [-0.1, -0.05) is 65.8 Å². The molecule has 0 radical (unpaired) electrons. The maximum Gasteiger partial charge on any atom is 0.262 e. The molecule has 0 spiro atoms. The van der Waals surface area contributed by atoms with Crippen LogP contribution < -0.4 is 5.32 Å². The van der Waals surface area contributed by atoms with Crippen molar-refractivity contribution in [1.29, 1.82) is 0 Å². The topological polar surface area (TPSA) is 29.1 Å². The number of hydrogen-bond acceptors (Lipinski definition) is 2. The van der Waals surface area contributed by atoms with Gasteiger partial charge in [-0.3, -0.25) is 4.79 Å². The largest absolute Gasteiger partial charge is 0.320 e. The summed E-state index contributed by atoms with van der Waals surface area (Å²) in [5.74, 6) is -0.0752. The standard InChI is InChI=1S/C19H12ClNOS/c20-14-8-5-12(6-9-14)11-17-19(22)21-18-15-4-2-1-3-13(15)7-10-16(18)23-17/h1-11H,(H,21,22)/b17-11-. The van der Waals surface area contributed by atoms with Crippen LogP contribution in [0.3, 0.4) is 0 Å². The SMILES string of the molecule is O=C1Nc2c(ccc3ccccc23)S/C1=C\c1ccc(Cl)cc1. The average Bonchev–Trinajstić information content (AvgIpc) is 2.58. The zero-order valence-electron chi connectivity index (χ0n) is 12.0. The molecule has 112 valence electrons. The number of fused-ring (bicyclic) bond motifs is 3. The lowest BCUT2D eigenvalue weighted by atomic mass is 10.1. The molecule has 0 bridgehead atoms. The van der Waals surface area contributed by atoms with Gasteiger partial charge in [0.2, 0.25) is 0 Å². The lowest BCUT2D eigenvalue weighted by Crippen LogP contribution is -2.17. The van der Waals surface area contributed by atoms with Gasteiger partial charge in [-0.05, 0) is 35.2 Å². The quantitative estimate of drug-likeness (QED) is 0.587. The molecule has 0 aromatic heterocycles. The smallest absolute Gasteiger partial charge is 0.262 e. The zero-order chi connectivity index (χ0) is 15.8. The number of rotatable bonds is 1. The summed E-state index contributed by atoms with van der Waals surface area (Å²) < 4.78 is 0. The number of carbonyl (C=O) groups excluding carboxylic acids is 1. The summed E-state index contributed by atoms with van der Waals surface area (Å²) in [6.45, 7) is 0. The van der Waals surface area contributed by atoms with Crippen molar-refractivity contribution in [3.63, 3.8) is 0 Å². The zero-order valence-corrected chi connectivity index (χ0v) is 13.6. The second kappa shape index (κ2) is 5.76. The van der Waals surface area contributed by atoms with E-state index >= 15 is 0 Å². The number of hydrogen-bond donors (Lipinski definition) is 1. The van der Waals surface area contributed by atoms with E-state index in [0.29, 0.717) is 9.93 Å². The maximum atomic E-state index is 12.4. The molecule has 0 saturated carbocycles. The van der Waals surface area contributed by atoms with E-state index in [4.69, 9.17) is 11.6 Å². The van der Waals surface area contributed by atoms with Gasteiger partial charge in [0.25, 0.3) is 5.91 Å². The van der Waals surface area contributed by atoms with Gasteiger partial charge in [-0.15, -0.1) is 0 Å². The van der Waals surface area contributed by atoms with Crippen molar-refractivity contribution >= 4 is 51.8 Å². The lowest BCUT2D eigenvalue weighted by molar-refractivity contribution is -0.112. The van der Waals surface area contributed by atoms with Crippen molar-refractivity contribution in [3.05, 3.63) is 76.2 Å². The van der Waals surface area contributed by atoms with Crippen LogP contribution in [0.4, 0.5) is 5.69 Å². The van der Waals surface area contributed by atoms with Crippen LogP contribution >= 0.6 is 23.4 Å². The average molecular weight is 338 g/mol. The summed E-state index contributed by atoms with van der Waals surface area (Å²) in [6, 6.07) is 19.6. The minimum absolute atomic E-state index is 0.0752. The van der Waals surface area contributed by atoms with Crippen LogP contribution in [-0.4, -0.2) is 5.91 Å². The number of nitrogens with one attached hydrogen (secondary N) is 1. The second-order valence-corrected chi connectivity index (χ2v) is 6.80. The number of thioether (sulfide) groups is 1. The number of anilines is 1. The second-order valence-electron chi connectivity index (χ2n) is 5.28. The molecule has 1 amide bonds. The third kappa shape index (κ3) is 2.74. The fourth-order valence-electron chi connectivity index (χ4n) is 2.61. The van der Waals surface area contributed by atoms with Crippen LogP contribution in [0.2, 0.25) is 5.02 Å². The van der Waals surface area contributed by atoms with Crippen molar-refractivity contribution in [2.24, 2.45) is 0 Å². The summed E-state index contributed by atoms with van der Waals surface area (Å²) in [5.41, 5.74) is 1.85. The van der Waals surface area contributed by atoms with E-state index < -0.39 is 0 Å². The molecule has 4 rings (SSSR count). The summed E-state index contributed by atoms with van der Waals surface area (Å²) in [5, 5.41) is 5.90. The molecule has 2 nitrogen and oxygen atoms in total. The van der Waals surface area contributed by atoms with E-state index in [1.165, 1.54) is 11.8 Å². The van der Waals surface area contributed by atoms with Gasteiger partial charge in [0, 0.05) is 15.3 Å². The minimum Gasteiger partial charge on any atom is -0.320 e. The first-order chi connectivity index (χ1) is 11.2. The summed E-state index contributed by atoms with van der Waals surface area (Å²) >= 11 is 7.40. The van der Waals surface area contributed by atoms with Crippen molar-refractivity contribution in [2.45, 2.75) is 4.90 Å². The summed E-state index contributed by atoms with van der Waals surface area (Å²) in [6.07, 6.45) is 1.88. The molecule has 3 aromatic rings. The highest BCUT2D eigenvalue weighted by molar-refractivity contribution is 8.04. The van der Waals surface area contributed by atoms with Crippen LogP contribution in [-0.2, 0) is 4.79 Å². The fourth-order valence-corrected chi connectivity index (χ4v) is 3.71.